The van der Waals surface area contributed by atoms with E-state index in [2.05, 4.69) is 4.72 Å². The first-order valence-corrected chi connectivity index (χ1v) is 7.37. The lowest BCUT2D eigenvalue weighted by Gasteiger charge is -2.07. The molecule has 0 aliphatic rings. The number of aryl methyl sites for hydroxylation is 1. The van der Waals surface area contributed by atoms with Gasteiger partial charge < -0.3 is 14.4 Å². The summed E-state index contributed by atoms with van der Waals surface area (Å²) < 4.78 is 33.5. The average Bonchev–Trinajstić information content (AvgIpc) is 2.81. The molecule has 0 unspecified atom stereocenters. The van der Waals surface area contributed by atoms with E-state index in [0.29, 0.717) is 17.1 Å². The standard InChI is InChI=1S/C13H16N2O4S/c1-15-8-13(7-11(15)9-16)20(17,18)14-10-3-5-12(19-2)6-4-10/h3-8,14,16H,9H2,1-2H3. The Morgan fingerprint density at radius 2 is 1.95 bits per heavy atom. The van der Waals surface area contributed by atoms with E-state index in [-0.39, 0.29) is 11.5 Å². The van der Waals surface area contributed by atoms with Crippen molar-refractivity contribution in [3.63, 3.8) is 0 Å². The highest BCUT2D eigenvalue weighted by Gasteiger charge is 2.17. The van der Waals surface area contributed by atoms with Gasteiger partial charge in [-0.1, -0.05) is 0 Å². The molecule has 108 valence electrons. The number of benzene rings is 1. The Labute approximate surface area is 117 Å². The van der Waals surface area contributed by atoms with Crippen molar-refractivity contribution in [3.8, 4) is 5.75 Å². The molecule has 0 aliphatic carbocycles. The molecule has 6 nitrogen and oxygen atoms in total. The summed E-state index contributed by atoms with van der Waals surface area (Å²) in [4.78, 5) is 0.111. The van der Waals surface area contributed by atoms with Crippen LogP contribution >= 0.6 is 0 Å². The van der Waals surface area contributed by atoms with Crippen LogP contribution in [-0.2, 0) is 23.7 Å². The van der Waals surface area contributed by atoms with E-state index in [4.69, 9.17) is 9.84 Å². The largest absolute Gasteiger partial charge is 0.497 e. The number of aromatic nitrogens is 1. The first-order chi connectivity index (χ1) is 9.46. The van der Waals surface area contributed by atoms with E-state index in [1.165, 1.54) is 12.3 Å². The van der Waals surface area contributed by atoms with Crippen molar-refractivity contribution in [2.24, 2.45) is 7.05 Å². The van der Waals surface area contributed by atoms with Crippen molar-refractivity contribution < 1.29 is 18.3 Å². The highest BCUT2D eigenvalue weighted by atomic mass is 32.2. The summed E-state index contributed by atoms with van der Waals surface area (Å²) in [5.74, 6) is 0.648. The van der Waals surface area contributed by atoms with E-state index in [1.54, 1.807) is 43.0 Å². The molecule has 2 aromatic rings. The van der Waals surface area contributed by atoms with Gasteiger partial charge in [-0.15, -0.1) is 0 Å². The molecule has 1 heterocycles. The van der Waals surface area contributed by atoms with Gasteiger partial charge in [-0.3, -0.25) is 4.72 Å². The van der Waals surface area contributed by atoms with Gasteiger partial charge in [0.15, 0.2) is 0 Å². The minimum Gasteiger partial charge on any atom is -0.497 e. The highest BCUT2D eigenvalue weighted by molar-refractivity contribution is 7.92. The third-order valence-electron chi connectivity index (χ3n) is 2.90. The predicted molar refractivity (Wildman–Crippen MR) is 75.1 cm³/mol. The summed E-state index contributed by atoms with van der Waals surface area (Å²) in [7, 11) is -0.448. The Bertz CT molecular complexity index is 690. The van der Waals surface area contributed by atoms with Gasteiger partial charge in [0.25, 0.3) is 10.0 Å². The molecular weight excluding hydrogens is 280 g/mol. The van der Waals surface area contributed by atoms with Gasteiger partial charge in [-0.25, -0.2) is 8.42 Å². The van der Waals surface area contributed by atoms with Crippen molar-refractivity contribution in [1.82, 2.24) is 4.57 Å². The number of hydrogen-bond donors (Lipinski definition) is 2. The molecule has 0 saturated carbocycles. The summed E-state index contributed by atoms with van der Waals surface area (Å²) in [6.07, 6.45) is 1.46. The fraction of sp³-hybridized carbons (Fsp3) is 0.231. The molecule has 20 heavy (non-hydrogen) atoms. The molecule has 2 rings (SSSR count). The maximum absolute atomic E-state index is 12.2. The Kier molecular flexibility index (Phi) is 4.01. The van der Waals surface area contributed by atoms with Crippen LogP contribution in [0.4, 0.5) is 5.69 Å². The molecule has 1 aromatic carbocycles. The van der Waals surface area contributed by atoms with Gasteiger partial charge in [-0.05, 0) is 30.3 Å². The van der Waals surface area contributed by atoms with Gasteiger partial charge in [-0.2, -0.15) is 0 Å². The third kappa shape index (κ3) is 2.94. The first kappa shape index (κ1) is 14.4. The molecule has 1 aromatic heterocycles. The van der Waals surface area contributed by atoms with E-state index in [9.17, 15) is 8.42 Å². The summed E-state index contributed by atoms with van der Waals surface area (Å²) in [5.41, 5.74) is 0.973. The van der Waals surface area contributed by atoms with Crippen LogP contribution in [0.3, 0.4) is 0 Å². The zero-order valence-corrected chi connectivity index (χ0v) is 12.0. The van der Waals surface area contributed by atoms with Crippen molar-refractivity contribution in [2.45, 2.75) is 11.5 Å². The summed E-state index contributed by atoms with van der Waals surface area (Å²) in [6, 6.07) is 8.01. The zero-order chi connectivity index (χ0) is 14.8. The molecule has 0 fully saturated rings. The van der Waals surface area contributed by atoms with Gasteiger partial charge >= 0.3 is 0 Å². The number of ether oxygens (including phenoxy) is 1. The fourth-order valence-electron chi connectivity index (χ4n) is 1.75. The van der Waals surface area contributed by atoms with Gasteiger partial charge in [0.05, 0.1) is 13.7 Å². The SMILES string of the molecule is COc1ccc(NS(=O)(=O)c2cc(CO)n(C)c2)cc1. The topological polar surface area (TPSA) is 80.6 Å². The maximum atomic E-state index is 12.2. The molecule has 0 radical (unpaired) electrons. The molecule has 0 bridgehead atoms. The van der Waals surface area contributed by atoms with E-state index < -0.39 is 10.0 Å². The second-order valence-corrected chi connectivity index (χ2v) is 5.95. The van der Waals surface area contributed by atoms with Gasteiger partial charge in [0.1, 0.15) is 10.6 Å². The van der Waals surface area contributed by atoms with E-state index in [0.717, 1.165) is 0 Å². The Morgan fingerprint density at radius 3 is 2.45 bits per heavy atom. The van der Waals surface area contributed by atoms with E-state index in [1.807, 2.05) is 0 Å². The lowest BCUT2D eigenvalue weighted by atomic mass is 10.3. The average molecular weight is 296 g/mol. The second kappa shape index (κ2) is 5.56. The molecule has 0 atom stereocenters. The number of aliphatic hydroxyl groups is 1. The molecule has 7 heteroatoms. The quantitative estimate of drug-likeness (QED) is 0.872. The minimum absolute atomic E-state index is 0.111. The number of anilines is 1. The molecule has 0 spiro atoms. The second-order valence-electron chi connectivity index (χ2n) is 4.27. The van der Waals surface area contributed by atoms with Gasteiger partial charge in [0, 0.05) is 24.6 Å². The van der Waals surface area contributed by atoms with Crippen LogP contribution < -0.4 is 9.46 Å². The lowest BCUT2D eigenvalue weighted by molar-refractivity contribution is 0.272. The Hall–Kier alpha value is -1.99. The van der Waals surface area contributed by atoms with Gasteiger partial charge in [0.2, 0.25) is 0 Å². The Balaban J connectivity index is 2.25. The summed E-state index contributed by atoms with van der Waals surface area (Å²) in [5, 5.41) is 9.09. The van der Waals surface area contributed by atoms with E-state index >= 15 is 0 Å². The number of hydrogen-bond acceptors (Lipinski definition) is 4. The van der Waals surface area contributed by atoms with Crippen molar-refractivity contribution in [1.29, 1.82) is 0 Å². The molecular formula is C13H16N2O4S. The maximum Gasteiger partial charge on any atom is 0.263 e. The number of aliphatic hydroxyl groups excluding tert-OH is 1. The molecule has 2 N–H and O–H groups in total. The normalized spacial score (nSPS) is 11.3. The summed E-state index contributed by atoms with van der Waals surface area (Å²) in [6.45, 7) is -0.214. The zero-order valence-electron chi connectivity index (χ0n) is 11.2. The predicted octanol–water partition coefficient (Wildman–Crippen LogP) is 1.33. The number of nitrogens with one attached hydrogen (secondary N) is 1. The van der Waals surface area contributed by atoms with Crippen LogP contribution in [0.2, 0.25) is 0 Å². The number of rotatable bonds is 5. The summed E-state index contributed by atoms with van der Waals surface area (Å²) >= 11 is 0. The van der Waals surface area contributed by atoms with Crippen LogP contribution in [0.15, 0.2) is 41.4 Å². The Morgan fingerprint density at radius 1 is 1.30 bits per heavy atom. The molecule has 0 amide bonds. The van der Waals surface area contributed by atoms with Crippen LogP contribution in [0.5, 0.6) is 5.75 Å². The lowest BCUT2D eigenvalue weighted by Crippen LogP contribution is -2.12. The van der Waals surface area contributed by atoms with Crippen molar-refractivity contribution >= 4 is 15.7 Å². The number of methoxy groups -OCH3 is 1. The third-order valence-corrected chi connectivity index (χ3v) is 4.25. The molecule has 0 saturated heterocycles. The monoisotopic (exact) mass is 296 g/mol. The molecule has 0 aliphatic heterocycles. The van der Waals surface area contributed by atoms with Crippen molar-refractivity contribution in [3.05, 3.63) is 42.2 Å². The minimum atomic E-state index is -3.67. The fourth-order valence-corrected chi connectivity index (χ4v) is 2.91. The van der Waals surface area contributed by atoms with Crippen LogP contribution in [0.25, 0.3) is 0 Å². The number of nitrogens with zero attached hydrogens (tertiary/aromatic N) is 1. The highest BCUT2D eigenvalue weighted by Crippen LogP contribution is 2.20. The number of sulfonamides is 1. The van der Waals surface area contributed by atoms with Crippen molar-refractivity contribution in [2.75, 3.05) is 11.8 Å². The first-order valence-electron chi connectivity index (χ1n) is 5.89. The van der Waals surface area contributed by atoms with Crippen LogP contribution in [0.1, 0.15) is 5.69 Å². The van der Waals surface area contributed by atoms with Crippen LogP contribution in [-0.4, -0.2) is 25.2 Å². The smallest absolute Gasteiger partial charge is 0.263 e. The van der Waals surface area contributed by atoms with Crippen LogP contribution in [0, 0.1) is 0 Å².